The van der Waals surface area contributed by atoms with Crippen LogP contribution < -0.4 is 20.1 Å². The van der Waals surface area contributed by atoms with Gasteiger partial charge in [-0.3, -0.25) is 10.1 Å². The molecule has 1 saturated heterocycles. The Balaban J connectivity index is 1.47. The van der Waals surface area contributed by atoms with Crippen LogP contribution in [-0.2, 0) is 0 Å². The topological polar surface area (TPSA) is 102 Å². The summed E-state index contributed by atoms with van der Waals surface area (Å²) in [5, 5.41) is 9.38. The maximum absolute atomic E-state index is 6.33. The van der Waals surface area contributed by atoms with Gasteiger partial charge in [-0.05, 0) is 38.5 Å². The molecule has 1 aliphatic heterocycles. The number of nitrogens with one attached hydrogen (secondary N) is 1. The fourth-order valence-corrected chi connectivity index (χ4v) is 5.12. The summed E-state index contributed by atoms with van der Waals surface area (Å²) in [7, 11) is 1.59. The largest absolute Gasteiger partial charge is 0.493 e. The van der Waals surface area contributed by atoms with Gasteiger partial charge in [-0.25, -0.2) is 4.98 Å². The van der Waals surface area contributed by atoms with Crippen LogP contribution in [0.25, 0.3) is 22.2 Å². The Morgan fingerprint density at radius 2 is 1.91 bits per heavy atom. The molecule has 8 nitrogen and oxygen atoms in total. The van der Waals surface area contributed by atoms with Crippen molar-refractivity contribution in [2.45, 2.75) is 31.9 Å². The molecule has 3 N–H and O–H groups in total. The van der Waals surface area contributed by atoms with Crippen LogP contribution in [0, 0.1) is 0 Å². The Bertz CT molecular complexity index is 1350. The summed E-state index contributed by atoms with van der Waals surface area (Å²) in [4.78, 5) is 10.9. The van der Waals surface area contributed by atoms with Crippen LogP contribution in [0.4, 0.5) is 5.82 Å². The first-order valence-electron chi connectivity index (χ1n) is 11.3. The van der Waals surface area contributed by atoms with Gasteiger partial charge in [-0.15, -0.1) is 0 Å². The van der Waals surface area contributed by atoms with E-state index in [2.05, 4.69) is 32.0 Å². The number of pyridine rings is 2. The van der Waals surface area contributed by atoms with E-state index in [1.807, 2.05) is 37.4 Å². The van der Waals surface area contributed by atoms with Crippen LogP contribution in [0.2, 0.25) is 10.0 Å². The van der Waals surface area contributed by atoms with Crippen molar-refractivity contribution in [1.82, 2.24) is 20.2 Å². The first-order chi connectivity index (χ1) is 16.8. The molecule has 10 heteroatoms. The monoisotopic (exact) mass is 512 g/mol. The number of nitrogens with two attached hydrogens (primary N) is 1. The average molecular weight is 513 g/mol. The number of H-pyrrole nitrogens is 1. The van der Waals surface area contributed by atoms with E-state index in [1.165, 1.54) is 0 Å². The molecule has 4 aromatic rings. The van der Waals surface area contributed by atoms with Crippen molar-refractivity contribution in [1.29, 1.82) is 0 Å². The standard InChI is InChI=1S/C25H26Cl2N6O2/c1-14(23-17(26)11-29-12-18(23)27)35-21-8-16-19(9-20(21)34-3)31-32-24(16)15-4-5-22(30-10-15)33-7-6-25(2,28)13-33/h4-5,8-12,14H,6-7,13,28H2,1-3H3,(H,31,32)/t14-,25-/m1/s1. The van der Waals surface area contributed by atoms with E-state index in [1.54, 1.807) is 19.5 Å². The van der Waals surface area contributed by atoms with Crippen LogP contribution in [-0.4, -0.2) is 45.9 Å². The molecule has 3 aromatic heterocycles. The SMILES string of the molecule is COc1cc2[nH]nc(-c3ccc(N4CC[C@@](C)(N)C4)nc3)c2cc1O[C@H](C)c1c(Cl)cncc1Cl. The molecule has 1 aromatic carbocycles. The molecular formula is C25H26Cl2N6O2. The van der Waals surface area contributed by atoms with Crippen molar-refractivity contribution in [3.63, 3.8) is 0 Å². The molecule has 0 spiro atoms. The minimum atomic E-state index is -0.436. The number of hydrogen-bond acceptors (Lipinski definition) is 7. The molecule has 0 amide bonds. The third kappa shape index (κ3) is 4.61. The van der Waals surface area contributed by atoms with Crippen molar-refractivity contribution in [3.8, 4) is 22.8 Å². The number of anilines is 1. The lowest BCUT2D eigenvalue weighted by molar-refractivity contribution is 0.216. The van der Waals surface area contributed by atoms with Gasteiger partial charge in [0.15, 0.2) is 11.5 Å². The van der Waals surface area contributed by atoms with E-state index in [0.29, 0.717) is 27.1 Å². The molecule has 0 aliphatic carbocycles. The highest BCUT2D eigenvalue weighted by atomic mass is 35.5. The second-order valence-electron chi connectivity index (χ2n) is 9.13. The summed E-state index contributed by atoms with van der Waals surface area (Å²) in [5.74, 6) is 2.02. The van der Waals surface area contributed by atoms with Gasteiger partial charge in [0.1, 0.15) is 17.6 Å². The molecule has 2 atom stereocenters. The fourth-order valence-electron chi connectivity index (χ4n) is 4.45. The van der Waals surface area contributed by atoms with Gasteiger partial charge < -0.3 is 20.1 Å². The van der Waals surface area contributed by atoms with Crippen molar-refractivity contribution in [2.24, 2.45) is 5.73 Å². The lowest BCUT2D eigenvalue weighted by Crippen LogP contribution is -2.39. The molecule has 1 fully saturated rings. The van der Waals surface area contributed by atoms with Crippen molar-refractivity contribution >= 4 is 39.9 Å². The van der Waals surface area contributed by atoms with E-state index in [4.69, 9.17) is 38.4 Å². The summed E-state index contributed by atoms with van der Waals surface area (Å²) in [6.07, 6.45) is 5.43. The van der Waals surface area contributed by atoms with Crippen molar-refractivity contribution < 1.29 is 9.47 Å². The predicted octanol–water partition coefficient (Wildman–Crippen LogP) is 5.40. The Hall–Kier alpha value is -3.07. The summed E-state index contributed by atoms with van der Waals surface area (Å²) in [6.45, 7) is 5.63. The number of fused-ring (bicyclic) bond motifs is 1. The number of methoxy groups -OCH3 is 1. The molecule has 35 heavy (non-hydrogen) atoms. The van der Waals surface area contributed by atoms with Crippen LogP contribution in [0.15, 0.2) is 42.9 Å². The van der Waals surface area contributed by atoms with E-state index in [0.717, 1.165) is 47.5 Å². The molecule has 1 aliphatic rings. The van der Waals surface area contributed by atoms with Crippen LogP contribution in [0.1, 0.15) is 31.9 Å². The summed E-state index contributed by atoms with van der Waals surface area (Å²) < 4.78 is 11.8. The van der Waals surface area contributed by atoms with Gasteiger partial charge in [0.2, 0.25) is 0 Å². The number of rotatable bonds is 6. The van der Waals surface area contributed by atoms with Gasteiger partial charge in [0.25, 0.3) is 0 Å². The number of aromatic nitrogens is 4. The molecule has 0 radical (unpaired) electrons. The first kappa shape index (κ1) is 23.7. The van der Waals surface area contributed by atoms with E-state index in [-0.39, 0.29) is 5.54 Å². The second-order valence-corrected chi connectivity index (χ2v) is 9.94. The average Bonchev–Trinajstić information content (AvgIpc) is 3.41. The van der Waals surface area contributed by atoms with Gasteiger partial charge in [-0.2, -0.15) is 5.10 Å². The number of benzene rings is 1. The number of halogens is 2. The predicted molar refractivity (Wildman–Crippen MR) is 139 cm³/mol. The third-order valence-corrected chi connectivity index (χ3v) is 6.90. The lowest BCUT2D eigenvalue weighted by atomic mass is 10.0. The van der Waals surface area contributed by atoms with Crippen LogP contribution in [0.3, 0.4) is 0 Å². The minimum Gasteiger partial charge on any atom is -0.493 e. The van der Waals surface area contributed by atoms with Gasteiger partial charge in [0.05, 0.1) is 22.7 Å². The molecule has 0 saturated carbocycles. The maximum Gasteiger partial charge on any atom is 0.162 e. The zero-order valence-electron chi connectivity index (χ0n) is 19.7. The Kier molecular flexibility index (Phi) is 6.21. The molecule has 0 unspecified atom stereocenters. The van der Waals surface area contributed by atoms with Gasteiger partial charge in [0, 0.05) is 59.8 Å². The van der Waals surface area contributed by atoms with Crippen LogP contribution >= 0.6 is 23.2 Å². The maximum atomic E-state index is 6.33. The highest BCUT2D eigenvalue weighted by Crippen LogP contribution is 2.40. The molecule has 182 valence electrons. The van der Waals surface area contributed by atoms with Crippen molar-refractivity contribution in [3.05, 3.63) is 58.5 Å². The highest BCUT2D eigenvalue weighted by molar-refractivity contribution is 6.35. The van der Waals surface area contributed by atoms with Gasteiger partial charge >= 0.3 is 0 Å². The Labute approximate surface area is 213 Å². The zero-order chi connectivity index (χ0) is 24.7. The molecular weight excluding hydrogens is 487 g/mol. The summed E-state index contributed by atoms with van der Waals surface area (Å²) in [6, 6.07) is 7.79. The number of ether oxygens (including phenoxy) is 2. The highest BCUT2D eigenvalue weighted by Gasteiger charge is 2.30. The zero-order valence-corrected chi connectivity index (χ0v) is 21.2. The smallest absolute Gasteiger partial charge is 0.162 e. The van der Waals surface area contributed by atoms with E-state index < -0.39 is 6.10 Å². The summed E-state index contributed by atoms with van der Waals surface area (Å²) >= 11 is 12.7. The number of nitrogens with zero attached hydrogens (tertiary/aromatic N) is 4. The number of aromatic amines is 1. The quantitative estimate of drug-likeness (QED) is 0.356. The van der Waals surface area contributed by atoms with Gasteiger partial charge in [-0.1, -0.05) is 23.2 Å². The first-order valence-corrected chi connectivity index (χ1v) is 12.0. The minimum absolute atomic E-state index is 0.184. The normalized spacial score (nSPS) is 18.7. The molecule has 5 rings (SSSR count). The second kappa shape index (κ2) is 9.18. The van der Waals surface area contributed by atoms with E-state index >= 15 is 0 Å². The van der Waals surface area contributed by atoms with E-state index in [9.17, 15) is 0 Å². The Morgan fingerprint density at radius 1 is 1.14 bits per heavy atom. The summed E-state index contributed by atoms with van der Waals surface area (Å²) in [5.41, 5.74) is 9.23. The fraction of sp³-hybridized carbons (Fsp3) is 0.320. The Morgan fingerprint density at radius 3 is 2.54 bits per heavy atom. The van der Waals surface area contributed by atoms with Crippen molar-refractivity contribution in [2.75, 3.05) is 25.1 Å². The van der Waals surface area contributed by atoms with Crippen LogP contribution in [0.5, 0.6) is 11.5 Å². The lowest BCUT2D eigenvalue weighted by Gasteiger charge is -2.20. The molecule has 4 heterocycles. The number of hydrogen-bond donors (Lipinski definition) is 2. The third-order valence-electron chi connectivity index (χ3n) is 6.30. The molecule has 0 bridgehead atoms.